The first-order chi connectivity index (χ1) is 24.5. The Morgan fingerprint density at radius 3 is 1.57 bits per heavy atom. The van der Waals surface area contributed by atoms with Crippen molar-refractivity contribution in [3.63, 3.8) is 0 Å². The summed E-state index contributed by atoms with van der Waals surface area (Å²) in [5.41, 5.74) is -7.02. The van der Waals surface area contributed by atoms with Crippen LogP contribution in [0.1, 0.15) is 146 Å². The average molecular weight is 793 g/mol. The Bertz CT molecular complexity index is 1240. The maximum Gasteiger partial charge on any atom is 0.426 e. The zero-order chi connectivity index (χ0) is 42.1. The van der Waals surface area contributed by atoms with Crippen LogP contribution in [-0.2, 0) is 38.1 Å². The van der Waals surface area contributed by atoms with Crippen molar-refractivity contribution in [2.45, 2.75) is 188 Å². The van der Waals surface area contributed by atoms with Crippen LogP contribution in [0.5, 0.6) is 0 Å². The molecule has 4 unspecified atom stereocenters. The second-order valence-corrected chi connectivity index (χ2v) is 16.5. The summed E-state index contributed by atoms with van der Waals surface area (Å²) in [6.07, 6.45) is -9.69. The van der Waals surface area contributed by atoms with E-state index >= 15 is 0 Å². The SMILES string of the molecule is CCC(C)(C)C(=O)OC1CCC(O)C(C(O)(C(F)(F)F)C(F)(F)F)C1.CCC(C)(C)C(=O)OC1CCOC1=O.CCC1(OC(=O)C(C)(C)CC)CCCC1. The van der Waals surface area contributed by atoms with Crippen LogP contribution in [0.25, 0.3) is 0 Å². The number of aliphatic hydroxyl groups excluding tert-OH is 1. The number of alkyl halides is 6. The molecule has 1 saturated heterocycles. The highest BCUT2D eigenvalue weighted by atomic mass is 19.4. The standard InChI is InChI=1S/C15H22F6O4.C13H24O2.C10H16O4/c1-4-12(2,3)11(23)25-8-5-6-10(22)9(7-8)13(24,14(16,17)18)15(19,20)21;1-5-12(3,4)11(14)15-13(6-2)9-7-8-10-13;1-4-10(2,3)9(12)14-7-5-6-13-8(7)11/h8-10,22,24H,4-7H2,1-3H3;5-10H2,1-4H3;7H,4-6H2,1-3H3. The number of hydrogen-bond acceptors (Lipinski definition) is 10. The van der Waals surface area contributed by atoms with Crippen molar-refractivity contribution in [2.24, 2.45) is 22.2 Å². The van der Waals surface area contributed by atoms with Gasteiger partial charge in [0.05, 0.1) is 29.0 Å². The number of carbonyl (C=O) groups excluding carboxylic acids is 4. The smallest absolute Gasteiger partial charge is 0.426 e. The van der Waals surface area contributed by atoms with E-state index in [9.17, 15) is 55.7 Å². The number of hydrogen-bond donors (Lipinski definition) is 2. The monoisotopic (exact) mass is 792 g/mol. The molecule has 0 bridgehead atoms. The topological polar surface area (TPSA) is 146 Å². The van der Waals surface area contributed by atoms with Crippen LogP contribution >= 0.6 is 0 Å². The summed E-state index contributed by atoms with van der Waals surface area (Å²) in [6.45, 7) is 18.7. The van der Waals surface area contributed by atoms with Gasteiger partial charge >= 0.3 is 36.2 Å². The minimum Gasteiger partial charge on any atom is -0.463 e. The molecule has 4 atom stereocenters. The van der Waals surface area contributed by atoms with Gasteiger partial charge in [0.2, 0.25) is 6.10 Å². The van der Waals surface area contributed by atoms with Crippen LogP contribution in [0, 0.1) is 22.2 Å². The van der Waals surface area contributed by atoms with Crippen LogP contribution in [0.4, 0.5) is 26.3 Å². The molecular weight excluding hydrogens is 730 g/mol. The number of rotatable bonds is 11. The summed E-state index contributed by atoms with van der Waals surface area (Å²) in [5, 5.41) is 19.2. The number of aliphatic hydroxyl groups is 2. The molecule has 0 spiro atoms. The van der Waals surface area contributed by atoms with Crippen molar-refractivity contribution in [1.29, 1.82) is 0 Å². The van der Waals surface area contributed by atoms with Crippen molar-refractivity contribution in [3.8, 4) is 0 Å². The van der Waals surface area contributed by atoms with E-state index in [2.05, 4.69) is 6.92 Å². The van der Waals surface area contributed by atoms with Gasteiger partial charge in [-0.25, -0.2) is 4.79 Å². The van der Waals surface area contributed by atoms with Crippen molar-refractivity contribution < 1.29 is 74.7 Å². The molecule has 0 amide bonds. The molecular formula is C38H62F6O10. The lowest BCUT2D eigenvalue weighted by Gasteiger charge is -2.44. The van der Waals surface area contributed by atoms with E-state index in [0.717, 1.165) is 25.7 Å². The second-order valence-electron chi connectivity index (χ2n) is 16.5. The molecule has 0 aromatic rings. The van der Waals surface area contributed by atoms with E-state index in [1.165, 1.54) is 26.7 Å². The predicted octanol–water partition coefficient (Wildman–Crippen LogP) is 8.32. The summed E-state index contributed by atoms with van der Waals surface area (Å²) in [7, 11) is 0. The quantitative estimate of drug-likeness (QED) is 0.119. The minimum absolute atomic E-state index is 0.0197. The molecule has 3 rings (SSSR count). The van der Waals surface area contributed by atoms with Gasteiger partial charge in [-0.05, 0) is 112 Å². The number of esters is 4. The summed E-state index contributed by atoms with van der Waals surface area (Å²) in [5.74, 6) is -4.11. The van der Waals surface area contributed by atoms with E-state index in [4.69, 9.17) is 18.9 Å². The highest BCUT2D eigenvalue weighted by molar-refractivity contribution is 5.82. The molecule has 3 fully saturated rings. The normalized spacial score (nSPS) is 23.6. The van der Waals surface area contributed by atoms with Crippen molar-refractivity contribution >= 4 is 23.9 Å². The lowest BCUT2D eigenvalue weighted by Crippen LogP contribution is -2.65. The third-order valence-electron chi connectivity index (χ3n) is 11.4. The van der Waals surface area contributed by atoms with Gasteiger partial charge in [-0.2, -0.15) is 26.3 Å². The Hall–Kier alpha value is -2.62. The Morgan fingerprint density at radius 2 is 1.19 bits per heavy atom. The van der Waals surface area contributed by atoms with Crippen LogP contribution in [0.15, 0.2) is 0 Å². The largest absolute Gasteiger partial charge is 0.463 e. The molecule has 10 nitrogen and oxygen atoms in total. The predicted molar refractivity (Wildman–Crippen MR) is 186 cm³/mol. The molecule has 1 heterocycles. The van der Waals surface area contributed by atoms with Crippen LogP contribution < -0.4 is 0 Å². The van der Waals surface area contributed by atoms with Gasteiger partial charge in [0.25, 0.3) is 5.60 Å². The Balaban J connectivity index is 0.000000431. The van der Waals surface area contributed by atoms with E-state index in [-0.39, 0.29) is 29.4 Å². The molecule has 0 aromatic carbocycles. The Kier molecular flexibility index (Phi) is 17.4. The molecule has 2 aliphatic carbocycles. The van der Waals surface area contributed by atoms with E-state index in [1.54, 1.807) is 20.8 Å². The fourth-order valence-corrected chi connectivity index (χ4v) is 5.75. The fourth-order valence-electron chi connectivity index (χ4n) is 5.75. The third kappa shape index (κ3) is 12.4. The zero-order valence-corrected chi connectivity index (χ0v) is 33.4. The zero-order valence-electron chi connectivity index (χ0n) is 33.4. The molecule has 1 aliphatic heterocycles. The van der Waals surface area contributed by atoms with Crippen molar-refractivity contribution in [3.05, 3.63) is 0 Å². The number of carbonyl (C=O) groups is 4. The number of ether oxygens (including phenoxy) is 4. The summed E-state index contributed by atoms with van der Waals surface area (Å²) >= 11 is 0. The van der Waals surface area contributed by atoms with Gasteiger partial charge in [0, 0.05) is 12.3 Å². The summed E-state index contributed by atoms with van der Waals surface area (Å²) in [4.78, 5) is 46.6. The van der Waals surface area contributed by atoms with Gasteiger partial charge in [-0.1, -0.05) is 27.7 Å². The first-order valence-corrected chi connectivity index (χ1v) is 18.9. The molecule has 16 heteroatoms. The molecule has 2 saturated carbocycles. The molecule has 2 N–H and O–H groups in total. The lowest BCUT2D eigenvalue weighted by molar-refractivity contribution is -0.394. The van der Waals surface area contributed by atoms with Gasteiger partial charge in [-0.3, -0.25) is 14.4 Å². The van der Waals surface area contributed by atoms with Crippen LogP contribution in [0.3, 0.4) is 0 Å². The molecule has 316 valence electrons. The van der Waals surface area contributed by atoms with Crippen LogP contribution in [0.2, 0.25) is 0 Å². The summed E-state index contributed by atoms with van der Waals surface area (Å²) in [6, 6.07) is 0. The van der Waals surface area contributed by atoms with E-state index in [1.807, 2.05) is 27.7 Å². The van der Waals surface area contributed by atoms with Crippen molar-refractivity contribution in [2.75, 3.05) is 6.61 Å². The second kappa shape index (κ2) is 19.0. The molecule has 3 aliphatic rings. The van der Waals surface area contributed by atoms with E-state index in [0.29, 0.717) is 25.9 Å². The minimum atomic E-state index is -6.04. The maximum atomic E-state index is 13.0. The van der Waals surface area contributed by atoms with Gasteiger partial charge < -0.3 is 29.2 Å². The van der Waals surface area contributed by atoms with Crippen molar-refractivity contribution in [1.82, 2.24) is 0 Å². The average Bonchev–Trinajstić information content (AvgIpc) is 3.73. The summed E-state index contributed by atoms with van der Waals surface area (Å²) < 4.78 is 98.6. The number of halogens is 6. The lowest BCUT2D eigenvalue weighted by atomic mass is 9.73. The molecule has 0 radical (unpaired) electrons. The maximum absolute atomic E-state index is 13.0. The van der Waals surface area contributed by atoms with E-state index < -0.39 is 77.8 Å². The Morgan fingerprint density at radius 1 is 0.741 bits per heavy atom. The molecule has 54 heavy (non-hydrogen) atoms. The van der Waals surface area contributed by atoms with Gasteiger partial charge in [-0.15, -0.1) is 0 Å². The highest BCUT2D eigenvalue weighted by Crippen LogP contribution is 2.52. The molecule has 0 aromatic heterocycles. The first kappa shape index (κ1) is 49.4. The van der Waals surface area contributed by atoms with Gasteiger partial charge in [0.15, 0.2) is 0 Å². The van der Waals surface area contributed by atoms with Gasteiger partial charge in [0.1, 0.15) is 11.7 Å². The fraction of sp³-hybridized carbons (Fsp3) is 0.895. The number of cyclic esters (lactones) is 1. The van der Waals surface area contributed by atoms with Crippen LogP contribution in [-0.4, -0.2) is 82.6 Å². The third-order valence-corrected chi connectivity index (χ3v) is 11.4. The Labute approximate surface area is 315 Å². The first-order valence-electron chi connectivity index (χ1n) is 18.9. The highest BCUT2D eigenvalue weighted by Gasteiger charge is 2.75.